The number of thiophene rings is 1. The van der Waals surface area contributed by atoms with Crippen molar-refractivity contribution in [2.45, 2.75) is 19.8 Å². The summed E-state index contributed by atoms with van der Waals surface area (Å²) in [6.07, 6.45) is 7.25. The second-order valence-corrected chi connectivity index (χ2v) is 11.2. The number of nitrogens with one attached hydrogen (secondary N) is 1. The number of fused-ring (bicyclic) bond motifs is 1. The molecule has 6 heterocycles. The van der Waals surface area contributed by atoms with E-state index in [2.05, 4.69) is 37.1 Å². The SMILES string of the molecule is Cc1c(-c2nc(Nc3ccc(N4CC5(CCN(C)CC5)C4)cn3)ncc2F)sc2ccn(C)c(=O)c12. The van der Waals surface area contributed by atoms with Crippen LogP contribution in [0.15, 0.2) is 41.6 Å². The average Bonchev–Trinajstić information content (AvgIpc) is 3.19. The van der Waals surface area contributed by atoms with Crippen LogP contribution in [0.4, 0.5) is 21.8 Å². The molecule has 2 saturated heterocycles. The maximum atomic E-state index is 14.8. The molecule has 0 saturated carbocycles. The molecule has 10 heteroatoms. The molecule has 0 aromatic carbocycles. The van der Waals surface area contributed by atoms with Crippen LogP contribution >= 0.6 is 11.3 Å². The summed E-state index contributed by atoms with van der Waals surface area (Å²) >= 11 is 1.36. The molecule has 2 fully saturated rings. The highest BCUT2D eigenvalue weighted by Gasteiger charge is 2.44. The molecule has 36 heavy (non-hydrogen) atoms. The molecular weight excluding hydrogens is 477 g/mol. The normalized spacial score (nSPS) is 17.5. The molecule has 4 aromatic heterocycles. The minimum absolute atomic E-state index is 0.103. The highest BCUT2D eigenvalue weighted by molar-refractivity contribution is 7.22. The first kappa shape index (κ1) is 23.1. The van der Waals surface area contributed by atoms with Gasteiger partial charge in [-0.1, -0.05) is 0 Å². The van der Waals surface area contributed by atoms with Gasteiger partial charge in [0.1, 0.15) is 11.5 Å². The molecule has 0 amide bonds. The van der Waals surface area contributed by atoms with Gasteiger partial charge in [0.25, 0.3) is 5.56 Å². The first-order valence-electron chi connectivity index (χ1n) is 12.1. The number of hydrogen-bond acceptors (Lipinski definition) is 8. The Kier molecular flexibility index (Phi) is 5.53. The van der Waals surface area contributed by atoms with Crippen LogP contribution in [-0.4, -0.2) is 57.6 Å². The minimum Gasteiger partial charge on any atom is -0.369 e. The lowest BCUT2D eigenvalue weighted by Crippen LogP contribution is -2.60. The van der Waals surface area contributed by atoms with Crippen molar-refractivity contribution in [3.05, 3.63) is 58.5 Å². The van der Waals surface area contributed by atoms with Gasteiger partial charge in [-0.2, -0.15) is 0 Å². The van der Waals surface area contributed by atoms with Crippen molar-refractivity contribution in [1.29, 1.82) is 0 Å². The summed E-state index contributed by atoms with van der Waals surface area (Å²) in [5.41, 5.74) is 2.35. The van der Waals surface area contributed by atoms with E-state index in [1.54, 1.807) is 13.2 Å². The van der Waals surface area contributed by atoms with Crippen LogP contribution in [0, 0.1) is 18.2 Å². The molecule has 4 aromatic rings. The number of rotatable bonds is 4. The minimum atomic E-state index is -0.532. The number of nitrogens with zero attached hydrogens (tertiary/aromatic N) is 6. The van der Waals surface area contributed by atoms with Crippen molar-refractivity contribution in [1.82, 2.24) is 24.4 Å². The first-order valence-corrected chi connectivity index (χ1v) is 12.9. The molecule has 186 valence electrons. The summed E-state index contributed by atoms with van der Waals surface area (Å²) in [5.74, 6) is 0.314. The fourth-order valence-corrected chi connectivity index (χ4v) is 6.46. The Morgan fingerprint density at radius 1 is 1.08 bits per heavy atom. The molecule has 0 unspecified atom stereocenters. The number of piperidine rings is 1. The van der Waals surface area contributed by atoms with E-state index in [0.29, 0.717) is 21.5 Å². The smallest absolute Gasteiger partial charge is 0.259 e. The Balaban J connectivity index is 1.20. The number of aromatic nitrogens is 4. The second-order valence-electron chi connectivity index (χ2n) is 10.1. The zero-order valence-electron chi connectivity index (χ0n) is 20.6. The van der Waals surface area contributed by atoms with E-state index in [1.807, 2.05) is 31.3 Å². The van der Waals surface area contributed by atoms with Gasteiger partial charge in [-0.05, 0) is 63.7 Å². The van der Waals surface area contributed by atoms with E-state index in [0.717, 1.165) is 35.2 Å². The van der Waals surface area contributed by atoms with Crippen molar-refractivity contribution in [2.75, 3.05) is 43.4 Å². The predicted octanol–water partition coefficient (Wildman–Crippen LogP) is 4.18. The van der Waals surface area contributed by atoms with Gasteiger partial charge in [-0.3, -0.25) is 4.79 Å². The van der Waals surface area contributed by atoms with Crippen molar-refractivity contribution in [3.8, 4) is 10.6 Å². The Morgan fingerprint density at radius 3 is 2.58 bits per heavy atom. The van der Waals surface area contributed by atoms with Crippen LogP contribution in [0.5, 0.6) is 0 Å². The fraction of sp³-hybridized carbons (Fsp3) is 0.385. The number of halogens is 1. The standard InChI is InChI=1S/C26H28FN7OS/c1-16-21-19(6-9-33(3)24(21)35)36-23(16)22-18(27)13-29-25(31-22)30-20-5-4-17(12-28-20)34-14-26(15-34)7-10-32(2)11-8-26/h4-6,9,12-13H,7-8,10-11,14-15H2,1-3H3,(H,28,29,30,31). The highest BCUT2D eigenvalue weighted by atomic mass is 32.1. The van der Waals surface area contributed by atoms with Crippen LogP contribution < -0.4 is 15.8 Å². The monoisotopic (exact) mass is 505 g/mol. The Labute approximate surface area is 212 Å². The van der Waals surface area contributed by atoms with E-state index in [-0.39, 0.29) is 17.2 Å². The van der Waals surface area contributed by atoms with Gasteiger partial charge >= 0.3 is 0 Å². The topological polar surface area (TPSA) is 79.2 Å². The van der Waals surface area contributed by atoms with Crippen molar-refractivity contribution < 1.29 is 4.39 Å². The molecule has 0 radical (unpaired) electrons. The second kappa shape index (κ2) is 8.63. The number of hydrogen-bond donors (Lipinski definition) is 1. The molecule has 1 N–H and O–H groups in total. The van der Waals surface area contributed by atoms with E-state index >= 15 is 0 Å². The molecule has 0 aliphatic carbocycles. The molecule has 1 spiro atoms. The molecule has 2 aliphatic rings. The lowest BCUT2D eigenvalue weighted by atomic mass is 9.72. The lowest BCUT2D eigenvalue weighted by molar-refractivity contribution is 0.0906. The third-order valence-corrected chi connectivity index (χ3v) is 8.83. The Hall–Kier alpha value is -3.37. The van der Waals surface area contributed by atoms with E-state index < -0.39 is 5.82 Å². The molecular formula is C26H28FN7OS. The number of likely N-dealkylation sites (tertiary alicyclic amines) is 1. The van der Waals surface area contributed by atoms with Gasteiger partial charge < -0.3 is 19.7 Å². The van der Waals surface area contributed by atoms with Crippen LogP contribution in [0.2, 0.25) is 0 Å². The summed E-state index contributed by atoms with van der Waals surface area (Å²) in [5, 5.41) is 3.69. The predicted molar refractivity (Wildman–Crippen MR) is 142 cm³/mol. The van der Waals surface area contributed by atoms with Crippen molar-refractivity contribution >= 4 is 38.9 Å². The zero-order valence-corrected chi connectivity index (χ0v) is 21.4. The molecule has 8 nitrogen and oxygen atoms in total. The van der Waals surface area contributed by atoms with Gasteiger partial charge in [0.05, 0.1) is 28.3 Å². The number of anilines is 3. The summed E-state index contributed by atoms with van der Waals surface area (Å²) in [6, 6.07) is 5.82. The van der Waals surface area contributed by atoms with Gasteiger partial charge in [0.15, 0.2) is 5.82 Å². The van der Waals surface area contributed by atoms with Crippen LogP contribution in [0.3, 0.4) is 0 Å². The van der Waals surface area contributed by atoms with Gasteiger partial charge in [-0.25, -0.2) is 19.3 Å². The molecule has 6 rings (SSSR count). The van der Waals surface area contributed by atoms with Crippen LogP contribution in [0.25, 0.3) is 20.7 Å². The van der Waals surface area contributed by atoms with Gasteiger partial charge in [0, 0.05) is 36.4 Å². The molecule has 0 bridgehead atoms. The van der Waals surface area contributed by atoms with Gasteiger partial charge in [0.2, 0.25) is 5.95 Å². The quantitative estimate of drug-likeness (QED) is 0.446. The third-order valence-electron chi connectivity index (χ3n) is 7.57. The zero-order chi connectivity index (χ0) is 25.0. The average molecular weight is 506 g/mol. The summed E-state index contributed by atoms with van der Waals surface area (Å²) in [7, 11) is 3.90. The Morgan fingerprint density at radius 2 is 1.86 bits per heavy atom. The molecule has 0 atom stereocenters. The largest absolute Gasteiger partial charge is 0.369 e. The number of pyridine rings is 2. The number of aryl methyl sites for hydroxylation is 2. The van der Waals surface area contributed by atoms with E-state index in [1.165, 1.54) is 41.8 Å². The first-order chi connectivity index (χ1) is 17.3. The molecule has 2 aliphatic heterocycles. The summed E-state index contributed by atoms with van der Waals surface area (Å²) in [4.78, 5) is 31.1. The maximum absolute atomic E-state index is 14.8. The summed E-state index contributed by atoms with van der Waals surface area (Å²) in [6.45, 7) is 6.34. The Bertz CT molecular complexity index is 1500. The van der Waals surface area contributed by atoms with E-state index in [4.69, 9.17) is 0 Å². The summed E-state index contributed by atoms with van der Waals surface area (Å²) < 4.78 is 17.1. The van der Waals surface area contributed by atoms with Crippen LogP contribution in [0.1, 0.15) is 18.4 Å². The maximum Gasteiger partial charge on any atom is 0.259 e. The third kappa shape index (κ3) is 3.94. The van der Waals surface area contributed by atoms with Gasteiger partial charge in [-0.15, -0.1) is 11.3 Å². The van der Waals surface area contributed by atoms with Crippen LogP contribution in [-0.2, 0) is 7.05 Å². The fourth-order valence-electron chi connectivity index (χ4n) is 5.27. The highest BCUT2D eigenvalue weighted by Crippen LogP contribution is 2.42. The van der Waals surface area contributed by atoms with E-state index in [9.17, 15) is 9.18 Å². The van der Waals surface area contributed by atoms with Crippen molar-refractivity contribution in [3.63, 3.8) is 0 Å². The lowest BCUT2D eigenvalue weighted by Gasteiger charge is -2.54. The van der Waals surface area contributed by atoms with Crippen molar-refractivity contribution in [2.24, 2.45) is 12.5 Å².